The first-order valence-corrected chi connectivity index (χ1v) is 6.70. The number of fused-ring (bicyclic) bond motifs is 1. The second kappa shape index (κ2) is 5.19. The van der Waals surface area contributed by atoms with Gasteiger partial charge in [-0.25, -0.2) is 0 Å². The van der Waals surface area contributed by atoms with Gasteiger partial charge < -0.3 is 10.4 Å². The van der Waals surface area contributed by atoms with Gasteiger partial charge in [0.05, 0.1) is 4.47 Å². The summed E-state index contributed by atoms with van der Waals surface area (Å²) in [4.78, 5) is 0. The first-order chi connectivity index (χ1) is 7.74. The lowest BCUT2D eigenvalue weighted by Gasteiger charge is -2.21. The van der Waals surface area contributed by atoms with E-state index in [1.165, 1.54) is 24.0 Å². The monoisotopic (exact) mass is 283 g/mol. The van der Waals surface area contributed by atoms with E-state index in [0.29, 0.717) is 5.75 Å². The molecule has 1 aromatic carbocycles. The first-order valence-electron chi connectivity index (χ1n) is 5.90. The quantitative estimate of drug-likeness (QED) is 0.894. The van der Waals surface area contributed by atoms with Gasteiger partial charge in [-0.1, -0.05) is 0 Å². The number of aryl methyl sites for hydroxylation is 1. The van der Waals surface area contributed by atoms with Gasteiger partial charge in [0.15, 0.2) is 0 Å². The fraction of sp³-hybridized carbons (Fsp3) is 0.538. The Balaban J connectivity index is 2.41. The average molecular weight is 284 g/mol. The van der Waals surface area contributed by atoms with Crippen LogP contribution in [0.1, 0.15) is 29.5 Å². The zero-order valence-corrected chi connectivity index (χ0v) is 11.2. The summed E-state index contributed by atoms with van der Waals surface area (Å²) in [6, 6.07) is 2.09. The molecule has 3 heteroatoms. The maximum atomic E-state index is 10.1. The lowest BCUT2D eigenvalue weighted by atomic mass is 9.87. The van der Waals surface area contributed by atoms with Crippen LogP contribution < -0.4 is 5.32 Å². The number of phenolic OH excluding ortho intramolecular Hbond substituents is 1. The molecular weight excluding hydrogens is 266 g/mol. The van der Waals surface area contributed by atoms with Crippen LogP contribution in [0.5, 0.6) is 5.75 Å². The van der Waals surface area contributed by atoms with Crippen LogP contribution in [0.3, 0.4) is 0 Å². The van der Waals surface area contributed by atoms with Crippen molar-refractivity contribution in [2.24, 2.45) is 0 Å². The van der Waals surface area contributed by atoms with Crippen LogP contribution in [0.2, 0.25) is 0 Å². The van der Waals surface area contributed by atoms with Crippen LogP contribution in [0.15, 0.2) is 10.5 Å². The highest BCUT2D eigenvalue weighted by molar-refractivity contribution is 9.10. The highest BCUT2D eigenvalue weighted by Gasteiger charge is 2.18. The van der Waals surface area contributed by atoms with E-state index in [4.69, 9.17) is 0 Å². The lowest BCUT2D eigenvalue weighted by Crippen LogP contribution is -2.14. The molecule has 16 heavy (non-hydrogen) atoms. The van der Waals surface area contributed by atoms with Crippen LogP contribution >= 0.6 is 15.9 Å². The molecule has 0 fully saturated rings. The lowest BCUT2D eigenvalue weighted by molar-refractivity contribution is 0.461. The van der Waals surface area contributed by atoms with E-state index in [9.17, 15) is 5.11 Å². The van der Waals surface area contributed by atoms with Gasteiger partial charge >= 0.3 is 0 Å². The van der Waals surface area contributed by atoms with E-state index in [-0.39, 0.29) is 0 Å². The molecule has 2 N–H and O–H groups in total. The molecule has 0 atom stereocenters. The topological polar surface area (TPSA) is 32.3 Å². The van der Waals surface area contributed by atoms with Gasteiger partial charge in [-0.05, 0) is 84.4 Å². The molecular formula is C13H18BrNO. The van der Waals surface area contributed by atoms with Crippen molar-refractivity contribution < 1.29 is 5.11 Å². The van der Waals surface area contributed by atoms with Crippen LogP contribution in [0, 0.1) is 0 Å². The summed E-state index contributed by atoms with van der Waals surface area (Å²) in [7, 11) is 1.95. The second-order valence-electron chi connectivity index (χ2n) is 4.38. The van der Waals surface area contributed by atoms with Crippen LogP contribution in [0.4, 0.5) is 0 Å². The van der Waals surface area contributed by atoms with Crippen LogP contribution in [-0.2, 0) is 19.3 Å². The van der Waals surface area contributed by atoms with E-state index in [1.54, 1.807) is 0 Å². The normalized spacial score (nSPS) is 14.9. The smallest absolute Gasteiger partial charge is 0.133 e. The third-order valence-corrected chi connectivity index (χ3v) is 3.92. The Morgan fingerprint density at radius 1 is 1.38 bits per heavy atom. The fourth-order valence-corrected chi connectivity index (χ4v) is 2.98. The van der Waals surface area contributed by atoms with Gasteiger partial charge in [-0.2, -0.15) is 0 Å². The standard InChI is InChI=1S/C13H18BrNO/c1-15-7-6-11-10-5-3-2-4-9(10)8-12(14)13(11)16/h8,15-16H,2-7H2,1H3. The SMILES string of the molecule is CNCCc1c(O)c(Br)cc2c1CCCC2. The Morgan fingerprint density at radius 2 is 2.12 bits per heavy atom. The number of nitrogens with one attached hydrogen (secondary N) is 1. The predicted octanol–water partition coefficient (Wildman–Crippen LogP) is 2.80. The molecule has 0 unspecified atom stereocenters. The van der Waals surface area contributed by atoms with Gasteiger partial charge in [-0.15, -0.1) is 0 Å². The van der Waals surface area contributed by atoms with Crippen molar-refractivity contribution in [3.05, 3.63) is 27.2 Å². The van der Waals surface area contributed by atoms with Gasteiger partial charge in [0, 0.05) is 0 Å². The number of hydrogen-bond acceptors (Lipinski definition) is 2. The van der Waals surface area contributed by atoms with E-state index in [1.807, 2.05) is 7.05 Å². The molecule has 2 nitrogen and oxygen atoms in total. The minimum Gasteiger partial charge on any atom is -0.506 e. The maximum absolute atomic E-state index is 10.1. The van der Waals surface area contributed by atoms with Gasteiger partial charge in [-0.3, -0.25) is 0 Å². The number of likely N-dealkylation sites (N-methyl/N-ethyl adjacent to an activating group) is 1. The largest absolute Gasteiger partial charge is 0.506 e. The van der Waals surface area contributed by atoms with E-state index in [0.717, 1.165) is 35.8 Å². The van der Waals surface area contributed by atoms with Crippen molar-refractivity contribution in [1.29, 1.82) is 0 Å². The minimum absolute atomic E-state index is 0.441. The Kier molecular flexibility index (Phi) is 3.87. The third kappa shape index (κ3) is 2.25. The molecule has 0 saturated heterocycles. The van der Waals surface area contributed by atoms with Crippen molar-refractivity contribution in [1.82, 2.24) is 5.32 Å². The zero-order chi connectivity index (χ0) is 11.5. The molecule has 1 aliphatic rings. The molecule has 0 spiro atoms. The molecule has 0 heterocycles. The minimum atomic E-state index is 0.441. The molecule has 1 aliphatic carbocycles. The molecule has 0 saturated carbocycles. The second-order valence-corrected chi connectivity index (χ2v) is 5.24. The van der Waals surface area contributed by atoms with Gasteiger partial charge in [0.2, 0.25) is 0 Å². The number of aromatic hydroxyl groups is 1. The summed E-state index contributed by atoms with van der Waals surface area (Å²) < 4.78 is 0.847. The van der Waals surface area contributed by atoms with Crippen molar-refractivity contribution in [3.63, 3.8) is 0 Å². The number of halogens is 1. The summed E-state index contributed by atoms with van der Waals surface area (Å²) >= 11 is 3.45. The predicted molar refractivity (Wildman–Crippen MR) is 70.1 cm³/mol. The highest BCUT2D eigenvalue weighted by atomic mass is 79.9. The van der Waals surface area contributed by atoms with Gasteiger partial charge in [0.25, 0.3) is 0 Å². The van der Waals surface area contributed by atoms with Crippen LogP contribution in [-0.4, -0.2) is 18.7 Å². The van der Waals surface area contributed by atoms with Crippen molar-refractivity contribution in [3.8, 4) is 5.75 Å². The van der Waals surface area contributed by atoms with Crippen molar-refractivity contribution in [2.75, 3.05) is 13.6 Å². The molecule has 1 aromatic rings. The maximum Gasteiger partial charge on any atom is 0.133 e. The Labute approximate surface area is 105 Å². The summed E-state index contributed by atoms with van der Waals surface area (Å²) in [6.45, 7) is 0.913. The van der Waals surface area contributed by atoms with Gasteiger partial charge in [0.1, 0.15) is 5.75 Å². The van der Waals surface area contributed by atoms with E-state index < -0.39 is 0 Å². The van der Waals surface area contributed by atoms with E-state index in [2.05, 4.69) is 27.3 Å². The number of rotatable bonds is 3. The number of benzene rings is 1. The van der Waals surface area contributed by atoms with Crippen molar-refractivity contribution in [2.45, 2.75) is 32.1 Å². The third-order valence-electron chi connectivity index (χ3n) is 3.31. The zero-order valence-electron chi connectivity index (χ0n) is 9.65. The highest BCUT2D eigenvalue weighted by Crippen LogP contribution is 2.36. The van der Waals surface area contributed by atoms with Crippen LogP contribution in [0.25, 0.3) is 0 Å². The molecule has 0 amide bonds. The first kappa shape index (κ1) is 11.9. The molecule has 88 valence electrons. The number of phenols is 1. The molecule has 2 rings (SSSR count). The molecule has 0 bridgehead atoms. The summed E-state index contributed by atoms with van der Waals surface area (Å²) in [5.41, 5.74) is 3.95. The Bertz CT molecular complexity index is 390. The molecule has 0 aromatic heterocycles. The summed E-state index contributed by atoms with van der Waals surface area (Å²) in [6.07, 6.45) is 5.70. The van der Waals surface area contributed by atoms with E-state index >= 15 is 0 Å². The van der Waals surface area contributed by atoms with Crippen molar-refractivity contribution >= 4 is 15.9 Å². The summed E-state index contributed by atoms with van der Waals surface area (Å²) in [5, 5.41) is 13.2. The Morgan fingerprint density at radius 3 is 2.88 bits per heavy atom. The summed E-state index contributed by atoms with van der Waals surface area (Å²) in [5.74, 6) is 0.441. The number of hydrogen-bond donors (Lipinski definition) is 2. The Hall–Kier alpha value is -0.540. The average Bonchev–Trinajstić information content (AvgIpc) is 2.30. The fourth-order valence-electron chi connectivity index (χ4n) is 2.46. The molecule has 0 radical (unpaired) electrons. The molecule has 0 aliphatic heterocycles.